The van der Waals surface area contributed by atoms with Gasteiger partial charge in [-0.1, -0.05) is 12.1 Å². The van der Waals surface area contributed by atoms with E-state index in [1.807, 2.05) is 24.3 Å². The second kappa shape index (κ2) is 8.31. The first-order chi connectivity index (χ1) is 11.5. The number of ether oxygens (including phenoxy) is 2. The van der Waals surface area contributed by atoms with E-state index in [1.165, 1.54) is 0 Å². The second-order valence-corrected chi connectivity index (χ2v) is 5.34. The number of anilines is 1. The first-order valence-corrected chi connectivity index (χ1v) is 7.55. The molecule has 0 fully saturated rings. The molecule has 2 rings (SSSR count). The lowest BCUT2D eigenvalue weighted by molar-refractivity contribution is 0.1000. The van der Waals surface area contributed by atoms with E-state index >= 15 is 0 Å². The largest absolute Gasteiger partial charge is 0.491 e. The normalized spacial score (nSPS) is 10.5. The van der Waals surface area contributed by atoms with Gasteiger partial charge in [-0.15, -0.1) is 0 Å². The number of halogens is 1. The maximum Gasteiger partial charge on any atom is 0.248 e. The third kappa shape index (κ3) is 4.70. The Morgan fingerprint density at radius 3 is 2.75 bits per heavy atom. The predicted octanol–water partition coefficient (Wildman–Crippen LogP) is 2.87. The number of methoxy groups -OCH3 is 1. The summed E-state index contributed by atoms with van der Waals surface area (Å²) in [6, 6.07) is 10.3. The third-order valence-electron chi connectivity index (χ3n) is 3.57. The molecular formula is C18H21FN2O3. The number of hydrogen-bond acceptors (Lipinski definition) is 4. The number of carbonyl (C=O) groups is 1. The number of primary amides is 1. The smallest absolute Gasteiger partial charge is 0.248 e. The van der Waals surface area contributed by atoms with Gasteiger partial charge in [0.25, 0.3) is 0 Å². The fourth-order valence-corrected chi connectivity index (χ4v) is 2.19. The van der Waals surface area contributed by atoms with Crippen LogP contribution in [0, 0.1) is 12.7 Å². The summed E-state index contributed by atoms with van der Waals surface area (Å²) >= 11 is 0. The minimum atomic E-state index is -0.662. The standard InChI is InChI=1S/C18H21FN2O3/c1-12-16(19)9-14(18(20)22)10-17(12)21-11-13-4-3-5-15(8-13)24-7-6-23-2/h3-5,8-10,21H,6-7,11H2,1-2H3,(H2,20,22). The number of amides is 1. The van der Waals surface area contributed by atoms with Crippen LogP contribution in [-0.4, -0.2) is 26.2 Å². The van der Waals surface area contributed by atoms with E-state index in [2.05, 4.69) is 5.32 Å². The molecule has 0 radical (unpaired) electrons. The predicted molar refractivity (Wildman–Crippen MR) is 90.8 cm³/mol. The van der Waals surface area contributed by atoms with Crippen molar-refractivity contribution in [3.8, 4) is 5.75 Å². The molecule has 0 atom stereocenters. The SMILES string of the molecule is COCCOc1cccc(CNc2cc(C(N)=O)cc(F)c2C)c1. The van der Waals surface area contributed by atoms with Gasteiger partial charge in [-0.05, 0) is 36.8 Å². The fraction of sp³-hybridized carbons (Fsp3) is 0.278. The van der Waals surface area contributed by atoms with Gasteiger partial charge in [0.2, 0.25) is 5.91 Å². The Kier molecular flexibility index (Phi) is 6.14. The average molecular weight is 332 g/mol. The summed E-state index contributed by atoms with van der Waals surface area (Å²) in [5.41, 5.74) is 7.30. The van der Waals surface area contributed by atoms with Crippen LogP contribution in [0.3, 0.4) is 0 Å². The van der Waals surface area contributed by atoms with E-state index in [0.717, 1.165) is 17.4 Å². The minimum Gasteiger partial charge on any atom is -0.491 e. The quantitative estimate of drug-likeness (QED) is 0.729. The number of hydrogen-bond donors (Lipinski definition) is 2. The van der Waals surface area contributed by atoms with Crippen LogP contribution in [0.15, 0.2) is 36.4 Å². The Morgan fingerprint density at radius 1 is 1.25 bits per heavy atom. The van der Waals surface area contributed by atoms with Crippen molar-refractivity contribution in [1.82, 2.24) is 0 Å². The summed E-state index contributed by atoms with van der Waals surface area (Å²) < 4.78 is 24.4. The van der Waals surface area contributed by atoms with E-state index in [9.17, 15) is 9.18 Å². The summed E-state index contributed by atoms with van der Waals surface area (Å²) in [5, 5.41) is 3.13. The van der Waals surface area contributed by atoms with Crippen LogP contribution in [0.5, 0.6) is 5.75 Å². The van der Waals surface area contributed by atoms with E-state index in [0.29, 0.717) is 31.0 Å². The zero-order valence-electron chi connectivity index (χ0n) is 13.8. The zero-order chi connectivity index (χ0) is 17.5. The van der Waals surface area contributed by atoms with Gasteiger partial charge in [-0.25, -0.2) is 4.39 Å². The molecule has 24 heavy (non-hydrogen) atoms. The molecule has 0 heterocycles. The highest BCUT2D eigenvalue weighted by molar-refractivity contribution is 5.94. The molecule has 0 aromatic heterocycles. The molecule has 5 nitrogen and oxygen atoms in total. The first kappa shape index (κ1) is 17.7. The average Bonchev–Trinajstić information content (AvgIpc) is 2.56. The maximum atomic E-state index is 13.9. The molecule has 0 aliphatic heterocycles. The lowest BCUT2D eigenvalue weighted by Gasteiger charge is -2.13. The topological polar surface area (TPSA) is 73.6 Å². The van der Waals surface area contributed by atoms with Gasteiger partial charge in [0, 0.05) is 30.5 Å². The van der Waals surface area contributed by atoms with Crippen molar-refractivity contribution in [2.75, 3.05) is 25.6 Å². The molecule has 0 saturated carbocycles. The van der Waals surface area contributed by atoms with Gasteiger partial charge in [0.05, 0.1) is 6.61 Å². The van der Waals surface area contributed by atoms with Gasteiger partial charge >= 0.3 is 0 Å². The Morgan fingerprint density at radius 2 is 2.04 bits per heavy atom. The van der Waals surface area contributed by atoms with E-state index in [4.69, 9.17) is 15.2 Å². The first-order valence-electron chi connectivity index (χ1n) is 7.55. The van der Waals surface area contributed by atoms with E-state index in [-0.39, 0.29) is 5.56 Å². The molecular weight excluding hydrogens is 311 g/mol. The molecule has 0 aliphatic carbocycles. The highest BCUT2D eigenvalue weighted by atomic mass is 19.1. The zero-order valence-corrected chi connectivity index (χ0v) is 13.8. The molecule has 128 valence electrons. The van der Waals surface area contributed by atoms with Gasteiger partial charge < -0.3 is 20.5 Å². The van der Waals surface area contributed by atoms with Crippen molar-refractivity contribution in [3.05, 3.63) is 58.9 Å². The maximum absolute atomic E-state index is 13.9. The molecule has 0 aliphatic rings. The highest BCUT2D eigenvalue weighted by Gasteiger charge is 2.10. The van der Waals surface area contributed by atoms with Crippen LogP contribution in [0.25, 0.3) is 0 Å². The fourth-order valence-electron chi connectivity index (χ4n) is 2.19. The summed E-state index contributed by atoms with van der Waals surface area (Å²) in [5.74, 6) is -0.393. The lowest BCUT2D eigenvalue weighted by Crippen LogP contribution is -2.13. The van der Waals surface area contributed by atoms with Gasteiger partial charge in [-0.2, -0.15) is 0 Å². The summed E-state index contributed by atoms with van der Waals surface area (Å²) in [6.07, 6.45) is 0. The lowest BCUT2D eigenvalue weighted by atomic mass is 10.1. The van der Waals surface area contributed by atoms with Crippen molar-refractivity contribution in [1.29, 1.82) is 0 Å². The van der Waals surface area contributed by atoms with Crippen molar-refractivity contribution in [3.63, 3.8) is 0 Å². The number of nitrogens with two attached hydrogens (primary N) is 1. The molecule has 1 amide bonds. The Hall–Kier alpha value is -2.60. The van der Waals surface area contributed by atoms with Crippen molar-refractivity contribution in [2.45, 2.75) is 13.5 Å². The number of carbonyl (C=O) groups excluding carboxylic acids is 1. The molecule has 6 heteroatoms. The highest BCUT2D eigenvalue weighted by Crippen LogP contribution is 2.22. The number of benzene rings is 2. The van der Waals surface area contributed by atoms with Gasteiger partial charge in [-0.3, -0.25) is 4.79 Å². The van der Waals surface area contributed by atoms with Crippen LogP contribution in [0.2, 0.25) is 0 Å². The Bertz CT molecular complexity index is 719. The molecule has 3 N–H and O–H groups in total. The second-order valence-electron chi connectivity index (χ2n) is 5.34. The van der Waals surface area contributed by atoms with Crippen molar-refractivity contribution in [2.24, 2.45) is 5.73 Å². The van der Waals surface area contributed by atoms with Crippen molar-refractivity contribution < 1.29 is 18.7 Å². The molecule has 0 bridgehead atoms. The van der Waals surface area contributed by atoms with Gasteiger partial charge in [0.1, 0.15) is 18.2 Å². The van der Waals surface area contributed by atoms with Gasteiger partial charge in [0.15, 0.2) is 0 Å². The summed E-state index contributed by atoms with van der Waals surface area (Å²) in [4.78, 5) is 11.3. The van der Waals surface area contributed by atoms with Crippen LogP contribution in [0.4, 0.5) is 10.1 Å². The summed E-state index contributed by atoms with van der Waals surface area (Å²) in [6.45, 7) is 3.09. The number of nitrogens with one attached hydrogen (secondary N) is 1. The van der Waals surface area contributed by atoms with E-state index < -0.39 is 11.7 Å². The molecule has 2 aromatic carbocycles. The third-order valence-corrected chi connectivity index (χ3v) is 3.57. The summed E-state index contributed by atoms with van der Waals surface area (Å²) in [7, 11) is 1.62. The van der Waals surface area contributed by atoms with Crippen molar-refractivity contribution >= 4 is 11.6 Å². The molecule has 0 unspecified atom stereocenters. The Labute approximate surface area is 140 Å². The Balaban J connectivity index is 2.08. The molecule has 0 saturated heterocycles. The monoisotopic (exact) mass is 332 g/mol. The van der Waals surface area contributed by atoms with Crippen LogP contribution < -0.4 is 15.8 Å². The number of rotatable bonds is 8. The van der Waals surface area contributed by atoms with Crippen LogP contribution in [-0.2, 0) is 11.3 Å². The van der Waals surface area contributed by atoms with E-state index in [1.54, 1.807) is 20.1 Å². The van der Waals surface area contributed by atoms with Crippen LogP contribution >= 0.6 is 0 Å². The minimum absolute atomic E-state index is 0.136. The van der Waals surface area contributed by atoms with Crippen LogP contribution in [0.1, 0.15) is 21.5 Å². The molecule has 0 spiro atoms. The molecule has 2 aromatic rings.